The molecule has 1 amide bonds. The molecule has 2 heterocycles. The molecule has 7 nitrogen and oxygen atoms in total. The summed E-state index contributed by atoms with van der Waals surface area (Å²) in [6.45, 7) is 8.12. The molecule has 0 fully saturated rings. The molecule has 0 N–H and O–H groups in total. The van der Waals surface area contributed by atoms with Gasteiger partial charge in [-0.2, -0.15) is 0 Å². The van der Waals surface area contributed by atoms with Crippen LogP contribution in [0.25, 0.3) is 0 Å². The minimum absolute atomic E-state index is 0.0695. The largest absolute Gasteiger partial charge is 0.460 e. The molecule has 0 unspecified atom stereocenters. The number of carbonyl (C=O) groups excluding carboxylic acids is 2. The van der Waals surface area contributed by atoms with Crippen molar-refractivity contribution >= 4 is 12.1 Å². The first-order valence-electron chi connectivity index (χ1n) is 6.94. The maximum atomic E-state index is 12.1. The zero-order chi connectivity index (χ0) is 15.6. The third kappa shape index (κ3) is 3.53. The van der Waals surface area contributed by atoms with E-state index >= 15 is 0 Å². The van der Waals surface area contributed by atoms with Gasteiger partial charge in [0.05, 0.1) is 18.8 Å². The minimum atomic E-state index is -0.560. The van der Waals surface area contributed by atoms with E-state index in [9.17, 15) is 9.59 Å². The van der Waals surface area contributed by atoms with E-state index in [4.69, 9.17) is 14.0 Å². The maximum Gasteiger partial charge on any atom is 0.410 e. The summed E-state index contributed by atoms with van der Waals surface area (Å²) in [4.78, 5) is 25.4. The van der Waals surface area contributed by atoms with Crippen molar-refractivity contribution in [2.75, 3.05) is 13.2 Å². The summed E-state index contributed by atoms with van der Waals surface area (Å²) in [5.74, 6) is -0.489. The molecule has 0 aliphatic carbocycles. The van der Waals surface area contributed by atoms with Crippen LogP contribution >= 0.6 is 0 Å². The van der Waals surface area contributed by atoms with Crippen LogP contribution in [-0.4, -0.2) is 40.9 Å². The molecule has 2 rings (SSSR count). The number of hydrogen-bond acceptors (Lipinski definition) is 6. The summed E-state index contributed by atoms with van der Waals surface area (Å²) in [6.07, 6.45) is 0.112. The first-order valence-corrected chi connectivity index (χ1v) is 6.94. The lowest BCUT2D eigenvalue weighted by Crippen LogP contribution is -2.40. The number of esters is 1. The predicted molar refractivity (Wildman–Crippen MR) is 72.8 cm³/mol. The Labute approximate surface area is 123 Å². The molecule has 7 heteroatoms. The topological polar surface area (TPSA) is 81.9 Å². The number of aromatic nitrogens is 1. The number of carbonyl (C=O) groups is 2. The maximum absolute atomic E-state index is 12.1. The average Bonchev–Trinajstić information content (AvgIpc) is 2.79. The van der Waals surface area contributed by atoms with Gasteiger partial charge in [0.1, 0.15) is 5.60 Å². The van der Waals surface area contributed by atoms with E-state index in [1.807, 2.05) is 20.8 Å². The Balaban J connectivity index is 2.14. The Bertz CT molecular complexity index is 544. The molecule has 1 aromatic rings. The second-order valence-electron chi connectivity index (χ2n) is 5.81. The van der Waals surface area contributed by atoms with Crippen molar-refractivity contribution in [3.63, 3.8) is 0 Å². The highest BCUT2D eigenvalue weighted by Crippen LogP contribution is 2.24. The Hall–Kier alpha value is -2.05. The van der Waals surface area contributed by atoms with Crippen LogP contribution in [0.3, 0.4) is 0 Å². The molecular formula is C14H20N2O5. The van der Waals surface area contributed by atoms with E-state index in [2.05, 4.69) is 5.16 Å². The van der Waals surface area contributed by atoms with E-state index in [0.717, 1.165) is 0 Å². The van der Waals surface area contributed by atoms with Gasteiger partial charge in [-0.05, 0) is 27.7 Å². The van der Waals surface area contributed by atoms with Gasteiger partial charge in [0.25, 0.3) is 0 Å². The minimum Gasteiger partial charge on any atom is -0.460 e. The van der Waals surface area contributed by atoms with Gasteiger partial charge in [-0.3, -0.25) is 0 Å². The van der Waals surface area contributed by atoms with E-state index < -0.39 is 17.7 Å². The number of rotatable bonds is 2. The van der Waals surface area contributed by atoms with Crippen molar-refractivity contribution < 1.29 is 23.6 Å². The monoisotopic (exact) mass is 296 g/mol. The van der Waals surface area contributed by atoms with Crippen LogP contribution in [0.15, 0.2) is 4.52 Å². The van der Waals surface area contributed by atoms with Crippen LogP contribution in [0.4, 0.5) is 4.79 Å². The summed E-state index contributed by atoms with van der Waals surface area (Å²) in [5, 5.41) is 3.87. The van der Waals surface area contributed by atoms with Gasteiger partial charge in [0.2, 0.25) is 5.76 Å². The zero-order valence-electron chi connectivity index (χ0n) is 12.8. The van der Waals surface area contributed by atoms with Crippen LogP contribution in [0.1, 0.15) is 49.5 Å². The first-order chi connectivity index (χ1) is 9.81. The van der Waals surface area contributed by atoms with Gasteiger partial charge in [0, 0.05) is 18.5 Å². The van der Waals surface area contributed by atoms with Gasteiger partial charge < -0.3 is 18.9 Å². The third-order valence-electron chi connectivity index (χ3n) is 2.95. The Morgan fingerprint density at radius 3 is 2.71 bits per heavy atom. The van der Waals surface area contributed by atoms with E-state index in [1.165, 1.54) is 4.90 Å². The van der Waals surface area contributed by atoms with Crippen LogP contribution in [0, 0.1) is 0 Å². The fraction of sp³-hybridized carbons (Fsp3) is 0.643. The third-order valence-corrected chi connectivity index (χ3v) is 2.95. The number of ether oxygens (including phenoxy) is 2. The van der Waals surface area contributed by atoms with Crippen molar-refractivity contribution in [2.24, 2.45) is 0 Å². The fourth-order valence-electron chi connectivity index (χ4n) is 2.05. The van der Waals surface area contributed by atoms with Gasteiger partial charge in [-0.1, -0.05) is 5.16 Å². The molecular weight excluding hydrogens is 276 g/mol. The highest BCUT2D eigenvalue weighted by molar-refractivity contribution is 5.88. The van der Waals surface area contributed by atoms with Gasteiger partial charge >= 0.3 is 12.1 Å². The number of hydrogen-bond donors (Lipinski definition) is 0. The molecule has 0 saturated heterocycles. The highest BCUT2D eigenvalue weighted by Gasteiger charge is 2.32. The molecule has 116 valence electrons. The summed E-state index contributed by atoms with van der Waals surface area (Å²) in [7, 11) is 0. The van der Waals surface area contributed by atoms with Crippen LogP contribution < -0.4 is 0 Å². The van der Waals surface area contributed by atoms with Crippen LogP contribution in [0.5, 0.6) is 0 Å². The lowest BCUT2D eigenvalue weighted by Gasteiger charge is -2.29. The van der Waals surface area contributed by atoms with Crippen molar-refractivity contribution in [1.29, 1.82) is 0 Å². The summed E-state index contributed by atoms with van der Waals surface area (Å²) in [5.41, 5.74) is 0.735. The number of nitrogens with zero attached hydrogens (tertiary/aromatic N) is 2. The SMILES string of the molecule is CCOC(=O)c1onc2c1CN(C(=O)OC(C)(C)C)CC2. The van der Waals surface area contributed by atoms with Gasteiger partial charge in [0.15, 0.2) is 0 Å². The number of fused-ring (bicyclic) bond motifs is 1. The van der Waals surface area contributed by atoms with E-state index in [0.29, 0.717) is 24.2 Å². The Kier molecular flexibility index (Phi) is 4.20. The van der Waals surface area contributed by atoms with Crippen molar-refractivity contribution in [3.05, 3.63) is 17.0 Å². The van der Waals surface area contributed by atoms with Gasteiger partial charge in [-0.25, -0.2) is 9.59 Å². The summed E-state index contributed by atoms with van der Waals surface area (Å²) < 4.78 is 15.3. The molecule has 21 heavy (non-hydrogen) atoms. The lowest BCUT2D eigenvalue weighted by molar-refractivity contribution is 0.0219. The summed E-state index contributed by atoms with van der Waals surface area (Å²) >= 11 is 0. The van der Waals surface area contributed by atoms with Crippen molar-refractivity contribution in [2.45, 2.75) is 46.3 Å². The van der Waals surface area contributed by atoms with Crippen LogP contribution in [-0.2, 0) is 22.4 Å². The second kappa shape index (κ2) is 5.75. The zero-order valence-corrected chi connectivity index (χ0v) is 12.8. The lowest BCUT2D eigenvalue weighted by atomic mass is 10.1. The molecule has 1 aliphatic rings. The van der Waals surface area contributed by atoms with Crippen LogP contribution in [0.2, 0.25) is 0 Å². The standard InChI is InChI=1S/C14H20N2O5/c1-5-19-12(17)11-9-8-16(7-6-10(9)15-21-11)13(18)20-14(2,3)4/h5-8H2,1-4H3. The first kappa shape index (κ1) is 15.3. The molecule has 0 spiro atoms. The quantitative estimate of drug-likeness (QED) is 0.778. The van der Waals surface area contributed by atoms with E-state index in [-0.39, 0.29) is 18.9 Å². The molecule has 1 aliphatic heterocycles. The summed E-state index contributed by atoms with van der Waals surface area (Å²) in [6, 6.07) is 0. The molecule has 0 bridgehead atoms. The Morgan fingerprint density at radius 2 is 2.10 bits per heavy atom. The molecule has 0 saturated carbocycles. The number of amides is 1. The average molecular weight is 296 g/mol. The van der Waals surface area contributed by atoms with Crippen molar-refractivity contribution in [3.8, 4) is 0 Å². The Morgan fingerprint density at radius 1 is 1.38 bits per heavy atom. The smallest absolute Gasteiger partial charge is 0.410 e. The van der Waals surface area contributed by atoms with Crippen molar-refractivity contribution in [1.82, 2.24) is 10.1 Å². The highest BCUT2D eigenvalue weighted by atomic mass is 16.6. The predicted octanol–water partition coefficient (Wildman–Crippen LogP) is 2.14. The second-order valence-corrected chi connectivity index (χ2v) is 5.81. The molecule has 0 aromatic carbocycles. The van der Waals surface area contributed by atoms with E-state index in [1.54, 1.807) is 6.92 Å². The fourth-order valence-corrected chi connectivity index (χ4v) is 2.05. The normalized spacial score (nSPS) is 14.6. The molecule has 0 atom stereocenters. The molecule has 1 aromatic heterocycles. The molecule has 0 radical (unpaired) electrons. The van der Waals surface area contributed by atoms with Gasteiger partial charge in [-0.15, -0.1) is 0 Å².